The maximum Gasteiger partial charge on any atom is 0.131 e. The van der Waals surface area contributed by atoms with Crippen molar-refractivity contribution in [2.75, 3.05) is 6.61 Å². The smallest absolute Gasteiger partial charge is 0.131 e. The van der Waals surface area contributed by atoms with E-state index >= 15 is 0 Å². The van der Waals surface area contributed by atoms with Gasteiger partial charge in [0.1, 0.15) is 10.3 Å². The lowest BCUT2D eigenvalue weighted by atomic mass is 10.2. The number of nitrogens with zero attached hydrogens (tertiary/aromatic N) is 1. The Morgan fingerprint density at radius 2 is 1.82 bits per heavy atom. The average Bonchev–Trinajstić information content (AvgIpc) is 1.85. The maximum atomic E-state index is 8.59. The Morgan fingerprint density at radius 3 is 2.27 bits per heavy atom. The Bertz CT molecular complexity index is 232. The maximum absolute atomic E-state index is 8.59. The van der Waals surface area contributed by atoms with Crippen LogP contribution in [0.25, 0.3) is 0 Å². The van der Waals surface area contributed by atoms with Gasteiger partial charge in [-0.2, -0.15) is 0 Å². The summed E-state index contributed by atoms with van der Waals surface area (Å²) in [6.07, 6.45) is 0.557. The van der Waals surface area contributed by atoms with Crippen LogP contribution in [-0.2, 0) is 6.42 Å². The van der Waals surface area contributed by atoms with E-state index in [2.05, 4.69) is 4.98 Å². The molecule has 2 nitrogen and oxygen atoms in total. The van der Waals surface area contributed by atoms with Gasteiger partial charge < -0.3 is 5.11 Å². The molecule has 0 spiro atoms. The Hall–Kier alpha value is -0.310. The zero-order valence-corrected chi connectivity index (χ0v) is 7.23. The van der Waals surface area contributed by atoms with E-state index in [9.17, 15) is 0 Å². The number of pyridine rings is 1. The zero-order valence-electron chi connectivity index (χ0n) is 5.72. The Morgan fingerprint density at radius 1 is 1.27 bits per heavy atom. The van der Waals surface area contributed by atoms with Gasteiger partial charge in [0.2, 0.25) is 0 Å². The molecule has 1 aromatic heterocycles. The highest BCUT2D eigenvalue weighted by Gasteiger charge is 1.97. The number of aliphatic hydroxyl groups is 1. The van der Waals surface area contributed by atoms with Gasteiger partial charge >= 0.3 is 0 Å². The minimum Gasteiger partial charge on any atom is -0.396 e. The van der Waals surface area contributed by atoms with Crippen molar-refractivity contribution in [1.29, 1.82) is 0 Å². The third kappa shape index (κ3) is 2.66. The molecule has 1 rings (SSSR count). The predicted octanol–water partition coefficient (Wildman–Crippen LogP) is 1.92. The van der Waals surface area contributed by atoms with E-state index in [0.29, 0.717) is 16.7 Å². The van der Waals surface area contributed by atoms with Gasteiger partial charge in [-0.05, 0) is 24.1 Å². The first-order valence-electron chi connectivity index (χ1n) is 3.15. The standard InChI is InChI=1S/C7H7Cl2NO/c8-6-3-5(1-2-11)4-7(9)10-6/h3-4,11H,1-2H2. The molecule has 0 aromatic carbocycles. The molecule has 1 heterocycles. The summed E-state index contributed by atoms with van der Waals surface area (Å²) in [5.74, 6) is 0. The molecule has 0 fully saturated rings. The summed E-state index contributed by atoms with van der Waals surface area (Å²) in [7, 11) is 0. The SMILES string of the molecule is OCCc1cc(Cl)nc(Cl)c1. The number of hydrogen-bond acceptors (Lipinski definition) is 2. The van der Waals surface area contributed by atoms with Crippen molar-refractivity contribution in [3.8, 4) is 0 Å². The number of rotatable bonds is 2. The van der Waals surface area contributed by atoms with E-state index in [1.807, 2.05) is 0 Å². The van der Waals surface area contributed by atoms with Gasteiger partial charge in [0.25, 0.3) is 0 Å². The van der Waals surface area contributed by atoms with Crippen LogP contribution in [0, 0.1) is 0 Å². The molecule has 0 unspecified atom stereocenters. The molecular formula is C7H7Cl2NO. The quantitative estimate of drug-likeness (QED) is 0.726. The number of aliphatic hydroxyl groups excluding tert-OH is 1. The number of hydrogen-bond donors (Lipinski definition) is 1. The molecule has 60 valence electrons. The summed E-state index contributed by atoms with van der Waals surface area (Å²) >= 11 is 11.2. The van der Waals surface area contributed by atoms with Crippen LogP contribution in [0.5, 0.6) is 0 Å². The summed E-state index contributed by atoms with van der Waals surface area (Å²) in [5.41, 5.74) is 0.900. The highest BCUT2D eigenvalue weighted by molar-refractivity contribution is 6.32. The van der Waals surface area contributed by atoms with Gasteiger partial charge in [-0.3, -0.25) is 0 Å². The van der Waals surface area contributed by atoms with Crippen molar-refractivity contribution in [2.45, 2.75) is 6.42 Å². The lowest BCUT2D eigenvalue weighted by molar-refractivity contribution is 0.299. The molecule has 0 aliphatic carbocycles. The molecule has 0 amide bonds. The second-order valence-electron chi connectivity index (χ2n) is 2.09. The van der Waals surface area contributed by atoms with E-state index in [-0.39, 0.29) is 6.61 Å². The summed E-state index contributed by atoms with van der Waals surface area (Å²) < 4.78 is 0. The van der Waals surface area contributed by atoms with Gasteiger partial charge in [-0.1, -0.05) is 23.2 Å². The summed E-state index contributed by atoms with van der Waals surface area (Å²) in [6.45, 7) is 0.0939. The van der Waals surface area contributed by atoms with Gasteiger partial charge in [0.15, 0.2) is 0 Å². The van der Waals surface area contributed by atoms with Crippen LogP contribution in [0.2, 0.25) is 10.3 Å². The molecule has 11 heavy (non-hydrogen) atoms. The Balaban J connectivity index is 2.89. The molecule has 1 aromatic rings. The second-order valence-corrected chi connectivity index (χ2v) is 2.87. The fraction of sp³-hybridized carbons (Fsp3) is 0.286. The zero-order chi connectivity index (χ0) is 8.27. The van der Waals surface area contributed by atoms with Gasteiger partial charge in [-0.25, -0.2) is 4.98 Å². The van der Waals surface area contributed by atoms with Crippen LogP contribution in [0.15, 0.2) is 12.1 Å². The average molecular weight is 192 g/mol. The lowest BCUT2D eigenvalue weighted by Crippen LogP contribution is -1.91. The molecule has 1 N–H and O–H groups in total. The Labute approximate surface area is 74.8 Å². The molecule has 0 saturated carbocycles. The summed E-state index contributed by atoms with van der Waals surface area (Å²) in [5, 5.41) is 9.32. The molecule has 0 saturated heterocycles. The van der Waals surface area contributed by atoms with Crippen molar-refractivity contribution in [1.82, 2.24) is 4.98 Å². The fourth-order valence-corrected chi connectivity index (χ4v) is 1.29. The van der Waals surface area contributed by atoms with Crippen LogP contribution in [0.1, 0.15) is 5.56 Å². The molecule has 4 heteroatoms. The van der Waals surface area contributed by atoms with E-state index in [4.69, 9.17) is 28.3 Å². The number of aromatic nitrogens is 1. The largest absolute Gasteiger partial charge is 0.396 e. The van der Waals surface area contributed by atoms with E-state index in [1.165, 1.54) is 0 Å². The van der Waals surface area contributed by atoms with Crippen LogP contribution >= 0.6 is 23.2 Å². The van der Waals surface area contributed by atoms with Crippen LogP contribution in [0.3, 0.4) is 0 Å². The molecule has 0 aliphatic heterocycles. The van der Waals surface area contributed by atoms with Crippen LogP contribution in [0.4, 0.5) is 0 Å². The first-order valence-corrected chi connectivity index (χ1v) is 3.91. The van der Waals surface area contributed by atoms with Crippen LogP contribution in [-0.4, -0.2) is 16.7 Å². The van der Waals surface area contributed by atoms with E-state index in [1.54, 1.807) is 12.1 Å². The first kappa shape index (κ1) is 8.78. The second kappa shape index (κ2) is 3.90. The third-order valence-electron chi connectivity index (χ3n) is 1.22. The van der Waals surface area contributed by atoms with Crippen molar-refractivity contribution in [3.05, 3.63) is 28.0 Å². The third-order valence-corrected chi connectivity index (χ3v) is 1.61. The normalized spacial score (nSPS) is 10.1. The highest BCUT2D eigenvalue weighted by atomic mass is 35.5. The van der Waals surface area contributed by atoms with Crippen LogP contribution < -0.4 is 0 Å². The lowest BCUT2D eigenvalue weighted by Gasteiger charge is -1.98. The van der Waals surface area contributed by atoms with Crippen molar-refractivity contribution < 1.29 is 5.11 Å². The minimum absolute atomic E-state index is 0.0939. The summed E-state index contributed by atoms with van der Waals surface area (Å²) in [4.78, 5) is 3.77. The van der Waals surface area contributed by atoms with Crippen molar-refractivity contribution >= 4 is 23.2 Å². The van der Waals surface area contributed by atoms with Crippen molar-refractivity contribution in [2.24, 2.45) is 0 Å². The molecular weight excluding hydrogens is 185 g/mol. The molecule has 0 aliphatic rings. The molecule has 0 atom stereocenters. The topological polar surface area (TPSA) is 33.1 Å². The van der Waals surface area contributed by atoms with Gasteiger partial charge in [-0.15, -0.1) is 0 Å². The Kier molecular flexibility index (Phi) is 3.12. The van der Waals surface area contributed by atoms with E-state index < -0.39 is 0 Å². The minimum atomic E-state index is 0.0939. The van der Waals surface area contributed by atoms with Gasteiger partial charge in [0.05, 0.1) is 0 Å². The fourth-order valence-electron chi connectivity index (χ4n) is 0.788. The molecule has 0 bridgehead atoms. The van der Waals surface area contributed by atoms with E-state index in [0.717, 1.165) is 5.56 Å². The highest BCUT2D eigenvalue weighted by Crippen LogP contribution is 2.14. The van der Waals surface area contributed by atoms with Crippen molar-refractivity contribution in [3.63, 3.8) is 0 Å². The monoisotopic (exact) mass is 191 g/mol. The van der Waals surface area contributed by atoms with Gasteiger partial charge in [0, 0.05) is 6.61 Å². The number of halogens is 2. The first-order chi connectivity index (χ1) is 5.22. The summed E-state index contributed by atoms with van der Waals surface area (Å²) in [6, 6.07) is 3.37. The molecule has 0 radical (unpaired) electrons. The predicted molar refractivity (Wildman–Crippen MR) is 45.0 cm³/mol.